The average molecular weight is 360 g/mol. The van der Waals surface area contributed by atoms with Gasteiger partial charge in [0.1, 0.15) is 6.61 Å². The molecule has 0 aliphatic carbocycles. The van der Waals surface area contributed by atoms with Crippen molar-refractivity contribution in [3.05, 3.63) is 41.3 Å². The molecule has 1 aromatic carbocycles. The molecule has 8 heteroatoms. The number of nitrogens with zero attached hydrogens (tertiary/aromatic N) is 2. The normalized spacial score (nSPS) is 16.6. The third-order valence-electron chi connectivity index (χ3n) is 4.17. The maximum Gasteiger partial charge on any atom is 0.276 e. The van der Waals surface area contributed by atoms with E-state index in [1.807, 2.05) is 0 Å². The number of carbonyl (C=O) groups is 2. The number of likely N-dealkylation sites (tertiary alicyclic amines) is 1. The van der Waals surface area contributed by atoms with Crippen LogP contribution in [0, 0.1) is 0 Å². The number of aliphatic hydroxyl groups excluding tert-OH is 1. The largest absolute Gasteiger partial charge is 0.493 e. The van der Waals surface area contributed by atoms with Gasteiger partial charge in [0.15, 0.2) is 28.7 Å². The fourth-order valence-electron chi connectivity index (χ4n) is 2.72. The van der Waals surface area contributed by atoms with E-state index in [1.54, 1.807) is 18.2 Å². The molecule has 0 unspecified atom stereocenters. The van der Waals surface area contributed by atoms with Gasteiger partial charge in [0.2, 0.25) is 0 Å². The second-order valence-electron chi connectivity index (χ2n) is 6.08. The van der Waals surface area contributed by atoms with Gasteiger partial charge in [-0.15, -0.1) is 0 Å². The van der Waals surface area contributed by atoms with Crippen LogP contribution in [0.1, 0.15) is 40.0 Å². The maximum absolute atomic E-state index is 12.3. The number of hydrogen-bond acceptors (Lipinski definition) is 7. The average Bonchev–Trinajstić information content (AvgIpc) is 3.28. The van der Waals surface area contributed by atoms with Crippen LogP contribution >= 0.6 is 0 Å². The Kier molecular flexibility index (Phi) is 5.22. The number of carbonyl (C=O) groups excluding carboxylic acids is 2. The molecule has 138 valence electrons. The first-order valence-electron chi connectivity index (χ1n) is 8.22. The Morgan fingerprint density at radius 3 is 2.81 bits per heavy atom. The molecule has 2 aromatic rings. The van der Waals surface area contributed by atoms with E-state index in [9.17, 15) is 14.7 Å². The second kappa shape index (κ2) is 7.57. The molecule has 1 aliphatic rings. The Morgan fingerprint density at radius 1 is 1.35 bits per heavy atom. The van der Waals surface area contributed by atoms with Gasteiger partial charge < -0.3 is 24.0 Å². The fourth-order valence-corrected chi connectivity index (χ4v) is 2.72. The summed E-state index contributed by atoms with van der Waals surface area (Å²) in [6.07, 6.45) is 0.0781. The monoisotopic (exact) mass is 360 g/mol. The van der Waals surface area contributed by atoms with Gasteiger partial charge in [-0.05, 0) is 31.5 Å². The van der Waals surface area contributed by atoms with Crippen LogP contribution in [0.4, 0.5) is 0 Å². The van der Waals surface area contributed by atoms with Gasteiger partial charge in [-0.3, -0.25) is 9.59 Å². The number of β-amino-alcohol motifs (C(OH)–C–C–N with tert-alkyl or cyclic N) is 1. The number of ketones is 1. The first-order chi connectivity index (χ1) is 12.5. The lowest BCUT2D eigenvalue weighted by Crippen LogP contribution is -2.29. The smallest absolute Gasteiger partial charge is 0.276 e. The van der Waals surface area contributed by atoms with Crippen molar-refractivity contribution >= 4 is 11.7 Å². The van der Waals surface area contributed by atoms with Gasteiger partial charge in [0, 0.05) is 24.7 Å². The number of hydrogen-bond donors (Lipinski definition) is 1. The number of Topliss-reactive ketones (excluding diaryl/α,β-unsaturated/α-hetero) is 1. The number of aromatic nitrogens is 1. The Morgan fingerprint density at radius 2 is 2.15 bits per heavy atom. The van der Waals surface area contributed by atoms with Crippen LogP contribution in [-0.2, 0) is 6.61 Å². The number of benzene rings is 1. The molecule has 1 saturated heterocycles. The lowest BCUT2D eigenvalue weighted by molar-refractivity contribution is 0.0754. The molecule has 1 aromatic heterocycles. The first-order valence-corrected chi connectivity index (χ1v) is 8.22. The molecule has 1 N–H and O–H groups in total. The highest BCUT2D eigenvalue weighted by molar-refractivity contribution is 5.94. The number of methoxy groups -OCH3 is 1. The zero-order chi connectivity index (χ0) is 18.7. The lowest BCUT2D eigenvalue weighted by Gasteiger charge is -2.12. The highest BCUT2D eigenvalue weighted by Crippen LogP contribution is 2.29. The highest BCUT2D eigenvalue weighted by atomic mass is 16.5. The van der Waals surface area contributed by atoms with Gasteiger partial charge in [-0.25, -0.2) is 0 Å². The zero-order valence-corrected chi connectivity index (χ0v) is 14.6. The molecule has 0 spiro atoms. The van der Waals surface area contributed by atoms with Crippen LogP contribution in [-0.4, -0.2) is 53.2 Å². The van der Waals surface area contributed by atoms with E-state index in [2.05, 4.69) is 5.16 Å². The number of rotatable bonds is 6. The first kappa shape index (κ1) is 17.9. The molecule has 0 bridgehead atoms. The summed E-state index contributed by atoms with van der Waals surface area (Å²) in [7, 11) is 1.49. The van der Waals surface area contributed by atoms with Crippen LogP contribution in [0.5, 0.6) is 11.5 Å². The van der Waals surface area contributed by atoms with Crippen molar-refractivity contribution in [1.82, 2.24) is 10.1 Å². The van der Waals surface area contributed by atoms with Gasteiger partial charge in [0.05, 0.1) is 13.2 Å². The summed E-state index contributed by atoms with van der Waals surface area (Å²) >= 11 is 0. The second-order valence-corrected chi connectivity index (χ2v) is 6.08. The third kappa shape index (κ3) is 3.85. The van der Waals surface area contributed by atoms with Crippen LogP contribution < -0.4 is 9.47 Å². The summed E-state index contributed by atoms with van der Waals surface area (Å²) in [5.41, 5.74) is 0.700. The summed E-state index contributed by atoms with van der Waals surface area (Å²) < 4.78 is 16.0. The molecular weight excluding hydrogens is 340 g/mol. The molecule has 3 rings (SSSR count). The van der Waals surface area contributed by atoms with Crippen molar-refractivity contribution < 1.29 is 28.7 Å². The van der Waals surface area contributed by atoms with Crippen LogP contribution in [0.25, 0.3) is 0 Å². The third-order valence-corrected chi connectivity index (χ3v) is 4.17. The molecule has 0 radical (unpaired) electrons. The molecule has 26 heavy (non-hydrogen) atoms. The van der Waals surface area contributed by atoms with Gasteiger partial charge in [0.25, 0.3) is 5.91 Å². The molecule has 2 heterocycles. The van der Waals surface area contributed by atoms with Crippen LogP contribution in [0.2, 0.25) is 0 Å². The molecule has 1 fully saturated rings. The molecule has 8 nitrogen and oxygen atoms in total. The summed E-state index contributed by atoms with van der Waals surface area (Å²) in [6, 6.07) is 6.41. The van der Waals surface area contributed by atoms with Crippen molar-refractivity contribution in [3.63, 3.8) is 0 Å². The minimum atomic E-state index is -0.487. The van der Waals surface area contributed by atoms with E-state index in [4.69, 9.17) is 14.0 Å². The van der Waals surface area contributed by atoms with E-state index >= 15 is 0 Å². The maximum atomic E-state index is 12.3. The molecular formula is C18H20N2O6. The van der Waals surface area contributed by atoms with E-state index in [-0.39, 0.29) is 24.0 Å². The molecule has 1 aliphatic heterocycles. The van der Waals surface area contributed by atoms with Crippen LogP contribution in [0.3, 0.4) is 0 Å². The molecule has 0 saturated carbocycles. The summed E-state index contributed by atoms with van der Waals surface area (Å²) in [5.74, 6) is 0.912. The topological polar surface area (TPSA) is 102 Å². The van der Waals surface area contributed by atoms with Crippen molar-refractivity contribution in [2.24, 2.45) is 0 Å². The van der Waals surface area contributed by atoms with Gasteiger partial charge in [-0.2, -0.15) is 0 Å². The minimum Gasteiger partial charge on any atom is -0.493 e. The Bertz CT molecular complexity index is 816. The number of ether oxygens (including phenoxy) is 2. The number of amides is 1. The molecule has 1 amide bonds. The minimum absolute atomic E-state index is 0.0542. The van der Waals surface area contributed by atoms with Crippen LogP contribution in [0.15, 0.2) is 28.8 Å². The van der Waals surface area contributed by atoms with Crippen molar-refractivity contribution in [2.45, 2.75) is 26.1 Å². The van der Waals surface area contributed by atoms with Crippen molar-refractivity contribution in [2.75, 3.05) is 20.2 Å². The summed E-state index contributed by atoms with van der Waals surface area (Å²) in [4.78, 5) is 25.2. The lowest BCUT2D eigenvalue weighted by atomic mass is 10.1. The van der Waals surface area contributed by atoms with Crippen molar-refractivity contribution in [1.29, 1.82) is 0 Å². The number of aliphatic hydroxyl groups is 1. The highest BCUT2D eigenvalue weighted by Gasteiger charge is 2.27. The van der Waals surface area contributed by atoms with E-state index in [1.165, 1.54) is 25.0 Å². The standard InChI is InChI=1S/C18H20N2O6/c1-11(21)12-3-4-16(17(7-12)24-2)25-10-14-8-15(19-26-14)18(23)20-6-5-13(22)9-20/h3-4,7-8,13,22H,5-6,9-10H2,1-2H3/t13-/m0/s1. The van der Waals surface area contributed by atoms with E-state index in [0.29, 0.717) is 42.3 Å². The summed E-state index contributed by atoms with van der Waals surface area (Å²) in [5, 5.41) is 13.3. The SMILES string of the molecule is COc1cc(C(C)=O)ccc1OCc1cc(C(=O)N2CC[C@H](O)C2)no1. The Hall–Kier alpha value is -2.87. The Balaban J connectivity index is 1.65. The van der Waals surface area contributed by atoms with Crippen molar-refractivity contribution in [3.8, 4) is 11.5 Å². The molecule has 1 atom stereocenters. The Labute approximate surface area is 150 Å². The van der Waals surface area contributed by atoms with E-state index in [0.717, 1.165) is 0 Å². The van der Waals surface area contributed by atoms with Gasteiger partial charge >= 0.3 is 0 Å². The fraction of sp³-hybridized carbons (Fsp3) is 0.389. The van der Waals surface area contributed by atoms with Gasteiger partial charge in [-0.1, -0.05) is 5.16 Å². The van der Waals surface area contributed by atoms with E-state index < -0.39 is 6.10 Å². The summed E-state index contributed by atoms with van der Waals surface area (Å²) in [6.45, 7) is 2.33. The zero-order valence-electron chi connectivity index (χ0n) is 14.6. The quantitative estimate of drug-likeness (QED) is 0.782. The predicted octanol–water partition coefficient (Wildman–Crippen LogP) is 1.67. The predicted molar refractivity (Wildman–Crippen MR) is 90.4 cm³/mol.